The van der Waals surface area contributed by atoms with Gasteiger partial charge >= 0.3 is 0 Å². The predicted octanol–water partition coefficient (Wildman–Crippen LogP) is 2.84. The standard InChI is InChI=1S/C25H32N4O3S/c1-18(20-6-4-3-5-7-20)26-25(31)16-29-12-10-28(11-13-29)15-21(30)17-32-22-8-9-24-23(14-22)27-19(2)33-24/h3-9,14,18,21,30H,10-13,15-17H2,1-2H3,(H,26,31)/t18-,21?/m0/s1. The molecule has 0 spiro atoms. The molecule has 2 N–H and O–H groups in total. The summed E-state index contributed by atoms with van der Waals surface area (Å²) in [5.41, 5.74) is 2.04. The number of carbonyl (C=O) groups is 1. The maximum atomic E-state index is 12.4. The summed E-state index contributed by atoms with van der Waals surface area (Å²) in [7, 11) is 0. The normalized spacial score (nSPS) is 17.1. The van der Waals surface area contributed by atoms with E-state index in [1.54, 1.807) is 11.3 Å². The van der Waals surface area contributed by atoms with E-state index in [0.717, 1.165) is 52.7 Å². The van der Waals surface area contributed by atoms with E-state index in [1.165, 1.54) is 0 Å². The van der Waals surface area contributed by atoms with Crippen LogP contribution in [0.3, 0.4) is 0 Å². The monoisotopic (exact) mass is 468 g/mol. The summed E-state index contributed by atoms with van der Waals surface area (Å²) < 4.78 is 6.94. The Balaban J connectivity index is 1.15. The lowest BCUT2D eigenvalue weighted by molar-refractivity contribution is -0.123. The maximum absolute atomic E-state index is 12.4. The van der Waals surface area contributed by atoms with Crippen molar-refractivity contribution >= 4 is 27.5 Å². The average molecular weight is 469 g/mol. The van der Waals surface area contributed by atoms with E-state index in [-0.39, 0.29) is 18.6 Å². The van der Waals surface area contributed by atoms with Gasteiger partial charge in [0.25, 0.3) is 0 Å². The van der Waals surface area contributed by atoms with Gasteiger partial charge in [0.1, 0.15) is 18.5 Å². The number of thiazole rings is 1. The highest BCUT2D eigenvalue weighted by atomic mass is 32.1. The smallest absolute Gasteiger partial charge is 0.234 e. The molecule has 1 fully saturated rings. The number of hydrogen-bond donors (Lipinski definition) is 2. The van der Waals surface area contributed by atoms with Gasteiger partial charge < -0.3 is 15.2 Å². The molecule has 0 radical (unpaired) electrons. The van der Waals surface area contributed by atoms with Gasteiger partial charge in [-0.05, 0) is 31.5 Å². The molecule has 2 heterocycles. The van der Waals surface area contributed by atoms with E-state index in [4.69, 9.17) is 4.74 Å². The molecule has 1 aliphatic rings. The molecular formula is C25H32N4O3S. The number of rotatable bonds is 9. The lowest BCUT2D eigenvalue weighted by Gasteiger charge is -2.35. The fraction of sp³-hybridized carbons (Fsp3) is 0.440. The number of hydrogen-bond acceptors (Lipinski definition) is 7. The van der Waals surface area contributed by atoms with Crippen LogP contribution in [0.1, 0.15) is 23.5 Å². The van der Waals surface area contributed by atoms with E-state index >= 15 is 0 Å². The molecule has 0 aliphatic carbocycles. The minimum absolute atomic E-state index is 0.00427. The number of aryl methyl sites for hydroxylation is 1. The number of aliphatic hydroxyl groups is 1. The number of nitrogens with zero attached hydrogens (tertiary/aromatic N) is 3. The van der Waals surface area contributed by atoms with Crippen molar-refractivity contribution in [2.24, 2.45) is 0 Å². The Morgan fingerprint density at radius 3 is 2.64 bits per heavy atom. The molecule has 1 amide bonds. The molecule has 176 valence electrons. The minimum atomic E-state index is -0.570. The van der Waals surface area contributed by atoms with E-state index in [0.29, 0.717) is 13.1 Å². The highest BCUT2D eigenvalue weighted by molar-refractivity contribution is 7.18. The SMILES string of the molecule is Cc1nc2cc(OCC(O)CN3CCN(CC(=O)N[C@@H](C)c4ccccc4)CC3)ccc2s1. The summed E-state index contributed by atoms with van der Waals surface area (Å²) in [6, 6.07) is 15.8. The average Bonchev–Trinajstić information content (AvgIpc) is 3.18. The molecule has 1 unspecified atom stereocenters. The molecule has 3 aromatic rings. The van der Waals surface area contributed by atoms with Crippen molar-refractivity contribution in [1.29, 1.82) is 0 Å². The molecule has 8 heteroatoms. The quantitative estimate of drug-likeness (QED) is 0.503. The predicted molar refractivity (Wildman–Crippen MR) is 132 cm³/mol. The molecule has 0 saturated carbocycles. The van der Waals surface area contributed by atoms with Gasteiger partial charge in [-0.15, -0.1) is 11.3 Å². The van der Waals surface area contributed by atoms with Crippen LogP contribution < -0.4 is 10.1 Å². The van der Waals surface area contributed by atoms with Crippen LogP contribution in [0.15, 0.2) is 48.5 Å². The van der Waals surface area contributed by atoms with E-state index < -0.39 is 6.10 Å². The molecule has 2 atom stereocenters. The molecule has 1 aromatic heterocycles. The second-order valence-electron chi connectivity index (χ2n) is 8.60. The summed E-state index contributed by atoms with van der Waals surface area (Å²) in [6.45, 7) is 8.45. The Labute approximate surface area is 199 Å². The number of benzene rings is 2. The van der Waals surface area contributed by atoms with E-state index in [2.05, 4.69) is 20.1 Å². The molecule has 2 aromatic carbocycles. The van der Waals surface area contributed by atoms with Gasteiger partial charge in [-0.1, -0.05) is 30.3 Å². The first kappa shape index (κ1) is 23.6. The van der Waals surface area contributed by atoms with Gasteiger partial charge in [0, 0.05) is 38.8 Å². The number of piperazine rings is 1. The van der Waals surface area contributed by atoms with Crippen LogP contribution in [0.2, 0.25) is 0 Å². The highest BCUT2D eigenvalue weighted by Crippen LogP contribution is 2.25. The van der Waals surface area contributed by atoms with Crippen LogP contribution in [-0.2, 0) is 4.79 Å². The lowest BCUT2D eigenvalue weighted by atomic mass is 10.1. The first-order valence-corrected chi connectivity index (χ1v) is 12.2. The Hall–Kier alpha value is -2.52. The van der Waals surface area contributed by atoms with E-state index in [9.17, 15) is 9.90 Å². The van der Waals surface area contributed by atoms with Crippen molar-refractivity contribution in [2.45, 2.75) is 26.0 Å². The third-order valence-corrected chi connectivity index (χ3v) is 6.84. The van der Waals surface area contributed by atoms with Crippen molar-refractivity contribution in [3.8, 4) is 5.75 Å². The summed E-state index contributed by atoms with van der Waals surface area (Å²) in [5.74, 6) is 0.771. The number of aliphatic hydroxyl groups excluding tert-OH is 1. The fourth-order valence-electron chi connectivity index (χ4n) is 4.10. The zero-order valence-electron chi connectivity index (χ0n) is 19.2. The zero-order valence-corrected chi connectivity index (χ0v) is 20.1. The van der Waals surface area contributed by atoms with Crippen LogP contribution in [0.5, 0.6) is 5.75 Å². The second kappa shape index (κ2) is 11.1. The topological polar surface area (TPSA) is 77.9 Å². The molecule has 0 bridgehead atoms. The van der Waals surface area contributed by atoms with Crippen molar-refractivity contribution in [1.82, 2.24) is 20.1 Å². The first-order chi connectivity index (χ1) is 16.0. The van der Waals surface area contributed by atoms with Gasteiger partial charge in [0.15, 0.2) is 0 Å². The number of carbonyl (C=O) groups excluding carboxylic acids is 1. The highest BCUT2D eigenvalue weighted by Gasteiger charge is 2.21. The molecule has 33 heavy (non-hydrogen) atoms. The number of nitrogens with one attached hydrogen (secondary N) is 1. The summed E-state index contributed by atoms with van der Waals surface area (Å²) in [6.07, 6.45) is -0.570. The van der Waals surface area contributed by atoms with Gasteiger partial charge in [0.2, 0.25) is 5.91 Å². The van der Waals surface area contributed by atoms with Crippen molar-refractivity contribution < 1.29 is 14.6 Å². The van der Waals surface area contributed by atoms with Gasteiger partial charge in [-0.25, -0.2) is 4.98 Å². The van der Waals surface area contributed by atoms with Crippen LogP contribution in [0, 0.1) is 6.92 Å². The van der Waals surface area contributed by atoms with Gasteiger partial charge in [-0.2, -0.15) is 0 Å². The third-order valence-electron chi connectivity index (χ3n) is 5.89. The number of β-amino-alcohol motifs (C(OH)–C–C–N with tert-alkyl or cyclic N) is 1. The summed E-state index contributed by atoms with van der Waals surface area (Å²) >= 11 is 1.66. The Morgan fingerprint density at radius 1 is 1.15 bits per heavy atom. The Kier molecular flexibility index (Phi) is 7.93. The van der Waals surface area contributed by atoms with Crippen LogP contribution in [-0.4, -0.2) is 77.8 Å². The number of aromatic nitrogens is 1. The largest absolute Gasteiger partial charge is 0.491 e. The maximum Gasteiger partial charge on any atom is 0.234 e. The molecular weight excluding hydrogens is 436 g/mol. The number of fused-ring (bicyclic) bond motifs is 1. The lowest BCUT2D eigenvalue weighted by Crippen LogP contribution is -2.51. The van der Waals surface area contributed by atoms with Crippen molar-refractivity contribution in [3.63, 3.8) is 0 Å². The molecule has 1 aliphatic heterocycles. The van der Waals surface area contributed by atoms with Crippen molar-refractivity contribution in [2.75, 3.05) is 45.9 Å². The number of amides is 1. The fourth-order valence-corrected chi connectivity index (χ4v) is 4.91. The first-order valence-electron chi connectivity index (χ1n) is 11.4. The third kappa shape index (κ3) is 6.74. The van der Waals surface area contributed by atoms with Gasteiger partial charge in [0.05, 0.1) is 27.8 Å². The molecule has 7 nitrogen and oxygen atoms in total. The Bertz CT molecular complexity index is 1050. The Morgan fingerprint density at radius 2 is 1.88 bits per heavy atom. The zero-order chi connectivity index (χ0) is 23.2. The van der Waals surface area contributed by atoms with Crippen LogP contribution in [0.4, 0.5) is 0 Å². The van der Waals surface area contributed by atoms with Crippen LogP contribution >= 0.6 is 11.3 Å². The van der Waals surface area contributed by atoms with Gasteiger partial charge in [-0.3, -0.25) is 14.6 Å². The van der Waals surface area contributed by atoms with Crippen molar-refractivity contribution in [3.05, 3.63) is 59.1 Å². The number of ether oxygens (including phenoxy) is 1. The molecule has 1 saturated heterocycles. The second-order valence-corrected chi connectivity index (χ2v) is 9.84. The summed E-state index contributed by atoms with van der Waals surface area (Å²) in [4.78, 5) is 21.3. The van der Waals surface area contributed by atoms with E-state index in [1.807, 2.05) is 62.4 Å². The molecule has 4 rings (SSSR count). The minimum Gasteiger partial charge on any atom is -0.491 e. The van der Waals surface area contributed by atoms with Crippen LogP contribution in [0.25, 0.3) is 10.2 Å². The summed E-state index contributed by atoms with van der Waals surface area (Å²) in [5, 5.41) is 14.5.